The second kappa shape index (κ2) is 8.64. The van der Waals surface area contributed by atoms with Gasteiger partial charge in [-0.3, -0.25) is 19.3 Å². The van der Waals surface area contributed by atoms with Gasteiger partial charge in [-0.15, -0.1) is 0 Å². The van der Waals surface area contributed by atoms with Crippen LogP contribution in [0.2, 0.25) is 0 Å². The van der Waals surface area contributed by atoms with Crippen molar-refractivity contribution in [1.29, 1.82) is 0 Å². The first kappa shape index (κ1) is 23.8. The first-order chi connectivity index (χ1) is 16.6. The summed E-state index contributed by atoms with van der Waals surface area (Å²) >= 11 is 0. The number of nitrogens with one attached hydrogen (secondary N) is 1. The summed E-state index contributed by atoms with van der Waals surface area (Å²) < 4.78 is 0. The summed E-state index contributed by atoms with van der Waals surface area (Å²) in [7, 11) is 0. The van der Waals surface area contributed by atoms with Gasteiger partial charge in [0, 0.05) is 24.7 Å². The molecular formula is C27H36N4O4. The standard InChI is InChI=1S/C27H36N4O4/c1-14(2)18-6-8-19(9-7-18)28-27(35)29-12-11-21(29)25(33)30-13-10-20-23(30)17(5)24(32)31(20)26(34)22-15(3)16(22)4/h6-9,14-17,20-23H,10-13H2,1-5H3,(H,28,35)/t15-,16+,17-,20-,21-,22?,23+/m0/s1. The van der Waals surface area contributed by atoms with Gasteiger partial charge in [-0.05, 0) is 48.3 Å². The number of carbonyl (C=O) groups is 4. The Balaban J connectivity index is 1.25. The molecule has 0 spiro atoms. The van der Waals surface area contributed by atoms with Gasteiger partial charge in [0.05, 0.1) is 18.0 Å². The van der Waals surface area contributed by atoms with Gasteiger partial charge in [-0.2, -0.15) is 0 Å². The van der Waals surface area contributed by atoms with E-state index in [-0.39, 0.29) is 41.8 Å². The van der Waals surface area contributed by atoms with E-state index in [0.29, 0.717) is 49.4 Å². The van der Waals surface area contributed by atoms with E-state index in [9.17, 15) is 19.2 Å². The lowest BCUT2D eigenvalue weighted by Crippen LogP contribution is -2.61. The number of anilines is 1. The SMILES string of the molecule is CC(C)c1ccc(NC(=O)N2CC[C@H]2C(=O)N2CC[C@H]3[C@H]2[C@H](C)C(=O)N3C(=O)C2[C@@H](C)[C@H]2C)cc1. The fraction of sp³-hybridized carbons (Fsp3) is 0.630. The average molecular weight is 481 g/mol. The molecule has 5 amide bonds. The Bertz CT molecular complexity index is 1050. The van der Waals surface area contributed by atoms with E-state index in [0.717, 1.165) is 0 Å². The van der Waals surface area contributed by atoms with E-state index in [1.54, 1.807) is 9.80 Å². The van der Waals surface area contributed by atoms with Crippen molar-refractivity contribution in [1.82, 2.24) is 14.7 Å². The van der Waals surface area contributed by atoms with Crippen LogP contribution in [0.4, 0.5) is 10.5 Å². The normalized spacial score (nSPS) is 33.6. The van der Waals surface area contributed by atoms with Crippen LogP contribution in [0.15, 0.2) is 24.3 Å². The fourth-order valence-electron chi connectivity index (χ4n) is 6.24. The summed E-state index contributed by atoms with van der Waals surface area (Å²) in [4.78, 5) is 57.4. The minimum absolute atomic E-state index is 0.0724. The summed E-state index contributed by atoms with van der Waals surface area (Å²) in [6.07, 6.45) is 1.21. The predicted octanol–water partition coefficient (Wildman–Crippen LogP) is 3.29. The van der Waals surface area contributed by atoms with Crippen LogP contribution in [0.25, 0.3) is 0 Å². The number of imide groups is 1. The highest BCUT2D eigenvalue weighted by Crippen LogP contribution is 2.49. The van der Waals surface area contributed by atoms with Gasteiger partial charge in [-0.1, -0.05) is 46.8 Å². The summed E-state index contributed by atoms with van der Waals surface area (Å²) in [5.74, 6) is 0.153. The van der Waals surface area contributed by atoms with Crippen LogP contribution < -0.4 is 5.32 Å². The molecule has 0 radical (unpaired) electrons. The Kier molecular flexibility index (Phi) is 5.88. The third kappa shape index (κ3) is 3.81. The second-order valence-electron chi connectivity index (χ2n) is 11.2. The first-order valence-electron chi connectivity index (χ1n) is 13.0. The van der Waals surface area contributed by atoms with E-state index in [1.165, 1.54) is 10.5 Å². The number of likely N-dealkylation sites (tertiary alicyclic amines) is 3. The molecule has 1 aliphatic carbocycles. The number of amides is 5. The molecule has 7 atom stereocenters. The molecule has 3 saturated heterocycles. The molecule has 4 fully saturated rings. The number of benzene rings is 1. The second-order valence-corrected chi connectivity index (χ2v) is 11.2. The fourth-order valence-corrected chi connectivity index (χ4v) is 6.24. The lowest BCUT2D eigenvalue weighted by molar-refractivity contribution is -0.146. The van der Waals surface area contributed by atoms with Gasteiger partial charge in [0.25, 0.3) is 0 Å². The van der Waals surface area contributed by atoms with Gasteiger partial charge >= 0.3 is 6.03 Å². The Labute approximate surface area is 207 Å². The van der Waals surface area contributed by atoms with Gasteiger partial charge in [0.2, 0.25) is 17.7 Å². The van der Waals surface area contributed by atoms with Crippen molar-refractivity contribution >= 4 is 29.4 Å². The molecule has 188 valence electrons. The predicted molar refractivity (Wildman–Crippen MR) is 131 cm³/mol. The van der Waals surface area contributed by atoms with Crippen LogP contribution >= 0.6 is 0 Å². The van der Waals surface area contributed by atoms with Crippen LogP contribution in [0.1, 0.15) is 58.9 Å². The quantitative estimate of drug-likeness (QED) is 0.670. The van der Waals surface area contributed by atoms with Crippen molar-refractivity contribution in [2.75, 3.05) is 18.4 Å². The number of hydrogen-bond donors (Lipinski definition) is 1. The van der Waals surface area contributed by atoms with Gasteiger partial charge < -0.3 is 15.1 Å². The smallest absolute Gasteiger partial charge is 0.322 e. The Hall–Kier alpha value is -2.90. The van der Waals surface area contributed by atoms with Crippen LogP contribution in [-0.4, -0.2) is 69.7 Å². The molecule has 0 bridgehead atoms. The monoisotopic (exact) mass is 480 g/mol. The maximum Gasteiger partial charge on any atom is 0.322 e. The van der Waals surface area contributed by atoms with Gasteiger partial charge in [0.15, 0.2) is 0 Å². The molecular weight excluding hydrogens is 444 g/mol. The van der Waals surface area contributed by atoms with Crippen molar-refractivity contribution in [3.63, 3.8) is 0 Å². The molecule has 1 N–H and O–H groups in total. The first-order valence-corrected chi connectivity index (χ1v) is 13.0. The number of rotatable bonds is 4. The zero-order valence-electron chi connectivity index (χ0n) is 21.2. The lowest BCUT2D eigenvalue weighted by Gasteiger charge is -2.42. The van der Waals surface area contributed by atoms with Crippen molar-refractivity contribution in [2.45, 2.75) is 71.5 Å². The maximum atomic E-state index is 13.5. The minimum atomic E-state index is -0.529. The molecule has 3 heterocycles. The highest BCUT2D eigenvalue weighted by atomic mass is 16.2. The molecule has 5 rings (SSSR count). The number of nitrogens with zero attached hydrogens (tertiary/aromatic N) is 3. The molecule has 0 aromatic heterocycles. The number of carbonyl (C=O) groups excluding carboxylic acids is 4. The molecule has 4 aliphatic rings. The highest BCUT2D eigenvalue weighted by Gasteiger charge is 2.60. The van der Waals surface area contributed by atoms with E-state index in [4.69, 9.17) is 0 Å². The van der Waals surface area contributed by atoms with Gasteiger partial charge in [-0.25, -0.2) is 4.79 Å². The maximum absolute atomic E-state index is 13.5. The Morgan fingerprint density at radius 2 is 1.54 bits per heavy atom. The number of urea groups is 1. The minimum Gasteiger partial charge on any atom is -0.335 e. The van der Waals surface area contributed by atoms with Gasteiger partial charge in [0.1, 0.15) is 6.04 Å². The van der Waals surface area contributed by atoms with Crippen molar-refractivity contribution < 1.29 is 19.2 Å². The van der Waals surface area contributed by atoms with E-state index >= 15 is 0 Å². The summed E-state index contributed by atoms with van der Waals surface area (Å²) in [5, 5.41) is 2.91. The zero-order chi connectivity index (χ0) is 25.2. The van der Waals surface area contributed by atoms with Crippen LogP contribution in [-0.2, 0) is 14.4 Å². The van der Waals surface area contributed by atoms with Crippen molar-refractivity contribution in [3.8, 4) is 0 Å². The van der Waals surface area contributed by atoms with Crippen LogP contribution in [0, 0.1) is 23.7 Å². The van der Waals surface area contributed by atoms with E-state index in [2.05, 4.69) is 19.2 Å². The molecule has 8 heteroatoms. The Morgan fingerprint density at radius 3 is 2.09 bits per heavy atom. The molecule has 3 aliphatic heterocycles. The number of fused-ring (bicyclic) bond motifs is 1. The van der Waals surface area contributed by atoms with E-state index in [1.807, 2.05) is 45.0 Å². The zero-order valence-corrected chi connectivity index (χ0v) is 21.2. The lowest BCUT2D eigenvalue weighted by atomic mass is 9.98. The molecule has 1 unspecified atom stereocenters. The van der Waals surface area contributed by atoms with Crippen LogP contribution in [0.5, 0.6) is 0 Å². The largest absolute Gasteiger partial charge is 0.335 e. The van der Waals surface area contributed by atoms with Crippen LogP contribution in [0.3, 0.4) is 0 Å². The summed E-state index contributed by atoms with van der Waals surface area (Å²) in [6.45, 7) is 11.2. The van der Waals surface area contributed by atoms with Crippen molar-refractivity contribution in [3.05, 3.63) is 29.8 Å². The highest BCUT2D eigenvalue weighted by molar-refractivity contribution is 6.02. The topological polar surface area (TPSA) is 90.0 Å². The number of hydrogen-bond acceptors (Lipinski definition) is 4. The average Bonchev–Trinajstić information content (AvgIpc) is 3.09. The molecule has 35 heavy (non-hydrogen) atoms. The third-order valence-electron chi connectivity index (χ3n) is 8.91. The molecule has 1 aromatic rings. The molecule has 8 nitrogen and oxygen atoms in total. The van der Waals surface area contributed by atoms with Crippen molar-refractivity contribution in [2.24, 2.45) is 23.7 Å². The third-order valence-corrected chi connectivity index (χ3v) is 8.91. The summed E-state index contributed by atoms with van der Waals surface area (Å²) in [6, 6.07) is 6.39. The Morgan fingerprint density at radius 1 is 0.914 bits per heavy atom. The molecule has 1 saturated carbocycles. The summed E-state index contributed by atoms with van der Waals surface area (Å²) in [5.41, 5.74) is 1.90. The van der Waals surface area contributed by atoms with E-state index < -0.39 is 12.0 Å². The molecule has 1 aromatic carbocycles.